The molecule has 152 valence electrons. The molecule has 0 unspecified atom stereocenters. The van der Waals surface area contributed by atoms with Gasteiger partial charge in [-0.3, -0.25) is 0 Å². The summed E-state index contributed by atoms with van der Waals surface area (Å²) in [6, 6.07) is 21.3. The third-order valence-electron chi connectivity index (χ3n) is 4.38. The summed E-state index contributed by atoms with van der Waals surface area (Å²) in [6.07, 6.45) is 1.56. The second-order valence-electron chi connectivity index (χ2n) is 6.96. The lowest BCUT2D eigenvalue weighted by atomic mass is 10.2. The maximum atomic E-state index is 8.92. The summed E-state index contributed by atoms with van der Waals surface area (Å²) < 4.78 is 0. The Bertz CT molecular complexity index is 1140. The average molecular weight is 408 g/mol. The third kappa shape index (κ3) is 5.31. The van der Waals surface area contributed by atoms with Gasteiger partial charge >= 0.3 is 0 Å². The number of nitriles is 1. The van der Waals surface area contributed by atoms with Gasteiger partial charge in [0.1, 0.15) is 11.8 Å². The summed E-state index contributed by atoms with van der Waals surface area (Å²) in [6.45, 7) is 4.06. The minimum Gasteiger partial charge on any atom is -0.324 e. The number of rotatable bonds is 6. The molecule has 0 aliphatic carbocycles. The van der Waals surface area contributed by atoms with Gasteiger partial charge in [-0.25, -0.2) is 4.98 Å². The molecule has 0 radical (unpaired) electrons. The van der Waals surface area contributed by atoms with Crippen LogP contribution < -0.4 is 16.0 Å². The van der Waals surface area contributed by atoms with Crippen LogP contribution in [0.1, 0.15) is 16.8 Å². The van der Waals surface area contributed by atoms with Gasteiger partial charge in [-0.1, -0.05) is 35.4 Å². The lowest BCUT2D eigenvalue weighted by Gasteiger charge is -2.12. The first-order valence-corrected chi connectivity index (χ1v) is 9.64. The van der Waals surface area contributed by atoms with Crippen LogP contribution in [-0.2, 0) is 0 Å². The van der Waals surface area contributed by atoms with Crippen molar-refractivity contribution in [3.05, 3.63) is 83.7 Å². The van der Waals surface area contributed by atoms with E-state index in [1.54, 1.807) is 18.3 Å². The molecule has 2 aromatic heterocycles. The molecule has 8 heteroatoms. The van der Waals surface area contributed by atoms with Crippen LogP contribution >= 0.6 is 0 Å². The molecule has 2 heterocycles. The quantitative estimate of drug-likeness (QED) is 0.409. The molecule has 4 aromatic rings. The Hall–Kier alpha value is -4.51. The molecule has 3 N–H and O–H groups in total. The molecule has 0 aliphatic rings. The Labute approximate surface area is 180 Å². The van der Waals surface area contributed by atoms with E-state index >= 15 is 0 Å². The fourth-order valence-electron chi connectivity index (χ4n) is 2.74. The van der Waals surface area contributed by atoms with Crippen LogP contribution in [0.25, 0.3) is 0 Å². The maximum Gasteiger partial charge on any atom is 0.233 e. The summed E-state index contributed by atoms with van der Waals surface area (Å²) in [5, 5.41) is 18.5. The number of benzene rings is 2. The molecule has 0 fully saturated rings. The molecule has 0 saturated carbocycles. The van der Waals surface area contributed by atoms with Crippen molar-refractivity contribution in [3.8, 4) is 6.07 Å². The molecule has 0 spiro atoms. The SMILES string of the molecule is Cc1ccc(Nc2nc(Nc3ccc(C)cc3)nc(Nc3ccc(C#N)nc3)n2)cc1. The summed E-state index contributed by atoms with van der Waals surface area (Å²) >= 11 is 0. The highest BCUT2D eigenvalue weighted by atomic mass is 15.3. The number of nitrogens with zero attached hydrogens (tertiary/aromatic N) is 5. The summed E-state index contributed by atoms with van der Waals surface area (Å²) in [7, 11) is 0. The van der Waals surface area contributed by atoms with Crippen LogP contribution in [-0.4, -0.2) is 19.9 Å². The number of hydrogen-bond acceptors (Lipinski definition) is 8. The largest absolute Gasteiger partial charge is 0.324 e. The smallest absolute Gasteiger partial charge is 0.233 e. The van der Waals surface area contributed by atoms with Crippen LogP contribution in [0.2, 0.25) is 0 Å². The van der Waals surface area contributed by atoms with E-state index in [0.717, 1.165) is 11.4 Å². The highest BCUT2D eigenvalue weighted by molar-refractivity contribution is 5.62. The predicted molar refractivity (Wildman–Crippen MR) is 121 cm³/mol. The van der Waals surface area contributed by atoms with Crippen molar-refractivity contribution in [2.45, 2.75) is 13.8 Å². The number of aromatic nitrogens is 4. The van der Waals surface area contributed by atoms with E-state index in [0.29, 0.717) is 29.2 Å². The van der Waals surface area contributed by atoms with Crippen molar-refractivity contribution in [1.29, 1.82) is 5.26 Å². The highest BCUT2D eigenvalue weighted by Crippen LogP contribution is 2.21. The second-order valence-corrected chi connectivity index (χ2v) is 6.96. The Morgan fingerprint density at radius 2 is 1.03 bits per heavy atom. The second kappa shape index (κ2) is 8.88. The van der Waals surface area contributed by atoms with Crippen molar-refractivity contribution < 1.29 is 0 Å². The van der Waals surface area contributed by atoms with Gasteiger partial charge in [0.05, 0.1) is 11.9 Å². The van der Waals surface area contributed by atoms with Gasteiger partial charge in [-0.2, -0.15) is 20.2 Å². The normalized spacial score (nSPS) is 10.2. The Morgan fingerprint density at radius 1 is 0.613 bits per heavy atom. The number of hydrogen-bond donors (Lipinski definition) is 3. The van der Waals surface area contributed by atoms with Crippen LogP contribution in [0.4, 0.5) is 34.9 Å². The van der Waals surface area contributed by atoms with Gasteiger partial charge in [0.25, 0.3) is 0 Å². The minimum atomic E-state index is 0.338. The first-order valence-electron chi connectivity index (χ1n) is 9.64. The number of pyridine rings is 1. The number of anilines is 6. The van der Waals surface area contributed by atoms with Gasteiger partial charge in [0, 0.05) is 11.4 Å². The van der Waals surface area contributed by atoms with Crippen molar-refractivity contribution in [3.63, 3.8) is 0 Å². The molecule has 0 saturated heterocycles. The highest BCUT2D eigenvalue weighted by Gasteiger charge is 2.09. The monoisotopic (exact) mass is 408 g/mol. The minimum absolute atomic E-state index is 0.338. The van der Waals surface area contributed by atoms with E-state index in [1.807, 2.05) is 68.4 Å². The fourth-order valence-corrected chi connectivity index (χ4v) is 2.74. The third-order valence-corrected chi connectivity index (χ3v) is 4.38. The van der Waals surface area contributed by atoms with E-state index in [9.17, 15) is 0 Å². The molecule has 2 aromatic carbocycles. The molecule has 0 bridgehead atoms. The van der Waals surface area contributed by atoms with Crippen LogP contribution in [0.5, 0.6) is 0 Å². The Morgan fingerprint density at radius 3 is 1.42 bits per heavy atom. The molecular formula is C23H20N8. The molecule has 8 nitrogen and oxygen atoms in total. The Kier molecular flexibility index (Phi) is 5.67. The van der Waals surface area contributed by atoms with Crippen molar-refractivity contribution in [2.24, 2.45) is 0 Å². The zero-order valence-electron chi connectivity index (χ0n) is 17.1. The lowest BCUT2D eigenvalue weighted by Crippen LogP contribution is -2.07. The van der Waals surface area contributed by atoms with Gasteiger partial charge < -0.3 is 16.0 Å². The van der Waals surface area contributed by atoms with Crippen LogP contribution in [0.3, 0.4) is 0 Å². The predicted octanol–water partition coefficient (Wildman–Crippen LogP) is 4.99. The lowest BCUT2D eigenvalue weighted by molar-refractivity contribution is 1.06. The van der Waals surface area contributed by atoms with Gasteiger partial charge in [0.15, 0.2) is 0 Å². The van der Waals surface area contributed by atoms with Gasteiger partial charge in [-0.15, -0.1) is 0 Å². The number of aryl methyl sites for hydroxylation is 2. The van der Waals surface area contributed by atoms with E-state index in [4.69, 9.17) is 5.26 Å². The first kappa shape index (κ1) is 19.8. The summed E-state index contributed by atoms with van der Waals surface area (Å²) in [5.41, 5.74) is 5.06. The molecule has 31 heavy (non-hydrogen) atoms. The van der Waals surface area contributed by atoms with E-state index < -0.39 is 0 Å². The zero-order valence-corrected chi connectivity index (χ0v) is 17.1. The van der Waals surface area contributed by atoms with Crippen molar-refractivity contribution >= 4 is 34.9 Å². The van der Waals surface area contributed by atoms with E-state index in [1.165, 1.54) is 11.1 Å². The molecule has 0 aliphatic heterocycles. The number of nitrogens with one attached hydrogen (secondary N) is 3. The standard InChI is InChI=1S/C23H20N8/c1-15-3-7-17(8-4-15)26-21-29-22(27-18-9-5-16(2)6-10-18)31-23(30-21)28-20-12-11-19(13-24)25-14-20/h3-12,14H,1-2H3,(H3,26,27,28,29,30,31). The van der Waals surface area contributed by atoms with E-state index in [2.05, 4.69) is 35.9 Å². The molecular weight excluding hydrogens is 388 g/mol. The first-order chi connectivity index (χ1) is 15.1. The van der Waals surface area contributed by atoms with Crippen molar-refractivity contribution in [1.82, 2.24) is 19.9 Å². The topological polar surface area (TPSA) is 111 Å². The summed E-state index contributed by atoms with van der Waals surface area (Å²) in [4.78, 5) is 17.5. The van der Waals surface area contributed by atoms with Crippen LogP contribution in [0, 0.1) is 25.2 Å². The summed E-state index contributed by atoms with van der Waals surface area (Å²) in [5.74, 6) is 1.11. The zero-order chi connectivity index (χ0) is 21.6. The Balaban J connectivity index is 1.63. The maximum absolute atomic E-state index is 8.92. The van der Waals surface area contributed by atoms with Gasteiger partial charge in [-0.05, 0) is 50.2 Å². The fraction of sp³-hybridized carbons (Fsp3) is 0.0870. The average Bonchev–Trinajstić information content (AvgIpc) is 2.77. The molecule has 0 amide bonds. The van der Waals surface area contributed by atoms with E-state index in [-0.39, 0.29) is 0 Å². The van der Waals surface area contributed by atoms with Crippen molar-refractivity contribution in [2.75, 3.05) is 16.0 Å². The molecule has 0 atom stereocenters. The van der Waals surface area contributed by atoms with Gasteiger partial charge in [0.2, 0.25) is 17.8 Å². The van der Waals surface area contributed by atoms with Crippen LogP contribution in [0.15, 0.2) is 66.9 Å². The molecule has 4 rings (SSSR count).